The monoisotopic (exact) mass is 217 g/mol. The third kappa shape index (κ3) is 1.66. The molecule has 0 saturated heterocycles. The Morgan fingerprint density at radius 2 is 2.19 bits per heavy atom. The van der Waals surface area contributed by atoms with Gasteiger partial charge >= 0.3 is 0 Å². The number of carbonyl (C=O) groups excluding carboxylic acids is 1. The normalized spacial score (nSPS) is 10.7. The number of nitrogens with zero attached hydrogens (tertiary/aromatic N) is 2. The van der Waals surface area contributed by atoms with E-state index in [0.29, 0.717) is 12.2 Å². The van der Waals surface area contributed by atoms with Crippen LogP contribution in [0.25, 0.3) is 5.65 Å². The fourth-order valence-corrected chi connectivity index (χ4v) is 1.79. The number of carbonyl (C=O) groups is 1. The second-order valence-electron chi connectivity index (χ2n) is 3.84. The molecule has 0 unspecified atom stereocenters. The number of aryl methyl sites for hydroxylation is 2. The van der Waals surface area contributed by atoms with E-state index in [9.17, 15) is 4.79 Å². The van der Waals surface area contributed by atoms with Crippen molar-refractivity contribution in [3.05, 3.63) is 35.3 Å². The van der Waals surface area contributed by atoms with Crippen molar-refractivity contribution >= 4 is 11.6 Å². The SMILES string of the molecule is CCNC(=O)c1c(C)nc2ccc(C)cn12. The summed E-state index contributed by atoms with van der Waals surface area (Å²) in [6.07, 6.45) is 1.93. The van der Waals surface area contributed by atoms with E-state index in [2.05, 4.69) is 10.3 Å². The number of hydrogen-bond acceptors (Lipinski definition) is 2. The van der Waals surface area contributed by atoms with Crippen LogP contribution in [0.5, 0.6) is 0 Å². The van der Waals surface area contributed by atoms with Crippen molar-refractivity contribution in [3.8, 4) is 0 Å². The van der Waals surface area contributed by atoms with Gasteiger partial charge in [-0.05, 0) is 32.4 Å². The third-order valence-electron chi connectivity index (χ3n) is 2.49. The van der Waals surface area contributed by atoms with Gasteiger partial charge in [0, 0.05) is 12.7 Å². The van der Waals surface area contributed by atoms with Gasteiger partial charge in [-0.25, -0.2) is 4.98 Å². The van der Waals surface area contributed by atoms with Gasteiger partial charge in [0.2, 0.25) is 0 Å². The molecule has 0 aliphatic rings. The van der Waals surface area contributed by atoms with Crippen LogP contribution < -0.4 is 5.32 Å². The number of fused-ring (bicyclic) bond motifs is 1. The quantitative estimate of drug-likeness (QED) is 0.832. The second kappa shape index (κ2) is 3.96. The molecule has 2 aromatic rings. The summed E-state index contributed by atoms with van der Waals surface area (Å²) in [5.74, 6) is -0.0712. The molecular formula is C12H15N3O. The van der Waals surface area contributed by atoms with Crippen molar-refractivity contribution in [3.63, 3.8) is 0 Å². The highest BCUT2D eigenvalue weighted by molar-refractivity contribution is 5.94. The number of aromatic nitrogens is 2. The first-order valence-electron chi connectivity index (χ1n) is 5.37. The lowest BCUT2D eigenvalue weighted by Crippen LogP contribution is -2.24. The number of nitrogens with one attached hydrogen (secondary N) is 1. The van der Waals surface area contributed by atoms with Crippen molar-refractivity contribution in [2.24, 2.45) is 0 Å². The van der Waals surface area contributed by atoms with E-state index in [0.717, 1.165) is 16.9 Å². The molecule has 4 heteroatoms. The maximum Gasteiger partial charge on any atom is 0.270 e. The fourth-order valence-electron chi connectivity index (χ4n) is 1.79. The molecule has 84 valence electrons. The van der Waals surface area contributed by atoms with Crippen molar-refractivity contribution in [2.75, 3.05) is 6.54 Å². The maximum atomic E-state index is 11.9. The standard InChI is InChI=1S/C12H15N3O/c1-4-13-12(16)11-9(3)14-10-6-5-8(2)7-15(10)11/h5-7H,4H2,1-3H3,(H,13,16). The first kappa shape index (κ1) is 10.7. The average Bonchev–Trinajstić information content (AvgIpc) is 2.53. The summed E-state index contributed by atoms with van der Waals surface area (Å²) >= 11 is 0. The van der Waals surface area contributed by atoms with Crippen LogP contribution in [0.2, 0.25) is 0 Å². The van der Waals surface area contributed by atoms with Gasteiger partial charge in [0.15, 0.2) is 0 Å². The minimum Gasteiger partial charge on any atom is -0.351 e. The van der Waals surface area contributed by atoms with Crippen LogP contribution >= 0.6 is 0 Å². The number of imidazole rings is 1. The molecule has 0 aromatic carbocycles. The third-order valence-corrected chi connectivity index (χ3v) is 2.49. The van der Waals surface area contributed by atoms with E-state index in [4.69, 9.17) is 0 Å². The number of hydrogen-bond donors (Lipinski definition) is 1. The molecule has 16 heavy (non-hydrogen) atoms. The molecule has 2 heterocycles. The fraction of sp³-hybridized carbons (Fsp3) is 0.333. The topological polar surface area (TPSA) is 46.4 Å². The Kier molecular flexibility index (Phi) is 2.64. The van der Waals surface area contributed by atoms with Gasteiger partial charge < -0.3 is 5.32 Å². The highest BCUT2D eigenvalue weighted by atomic mass is 16.1. The van der Waals surface area contributed by atoms with Crippen molar-refractivity contribution in [1.82, 2.24) is 14.7 Å². The molecule has 0 saturated carbocycles. The van der Waals surface area contributed by atoms with Crippen LogP contribution in [-0.2, 0) is 0 Å². The highest BCUT2D eigenvalue weighted by Gasteiger charge is 2.15. The molecule has 0 aliphatic carbocycles. The van der Waals surface area contributed by atoms with E-state index >= 15 is 0 Å². The van der Waals surface area contributed by atoms with Crippen molar-refractivity contribution < 1.29 is 4.79 Å². The Hall–Kier alpha value is -1.84. The van der Waals surface area contributed by atoms with Gasteiger partial charge in [-0.3, -0.25) is 9.20 Å². The summed E-state index contributed by atoms with van der Waals surface area (Å²) in [4.78, 5) is 16.2. The average molecular weight is 217 g/mol. The molecule has 1 N–H and O–H groups in total. The molecule has 0 atom stereocenters. The molecule has 0 fully saturated rings. The Balaban J connectivity index is 2.62. The lowest BCUT2D eigenvalue weighted by Gasteiger charge is -2.03. The number of amides is 1. The van der Waals surface area contributed by atoms with Crippen LogP contribution in [-0.4, -0.2) is 21.8 Å². The minimum atomic E-state index is -0.0712. The van der Waals surface area contributed by atoms with E-state index in [1.54, 1.807) is 0 Å². The van der Waals surface area contributed by atoms with Crippen LogP contribution in [0.1, 0.15) is 28.7 Å². The van der Waals surface area contributed by atoms with Gasteiger partial charge in [0.1, 0.15) is 11.3 Å². The van der Waals surface area contributed by atoms with Gasteiger partial charge in [-0.1, -0.05) is 6.07 Å². The van der Waals surface area contributed by atoms with Crippen LogP contribution in [0.4, 0.5) is 0 Å². The van der Waals surface area contributed by atoms with Crippen molar-refractivity contribution in [1.29, 1.82) is 0 Å². The predicted octanol–water partition coefficient (Wildman–Crippen LogP) is 1.70. The Labute approximate surface area is 94.3 Å². The largest absolute Gasteiger partial charge is 0.351 e. The molecule has 0 radical (unpaired) electrons. The summed E-state index contributed by atoms with van der Waals surface area (Å²) < 4.78 is 1.84. The lowest BCUT2D eigenvalue weighted by molar-refractivity contribution is 0.0949. The first-order valence-corrected chi connectivity index (χ1v) is 5.37. The van der Waals surface area contributed by atoms with Gasteiger partial charge in [-0.15, -0.1) is 0 Å². The predicted molar refractivity (Wildman–Crippen MR) is 62.7 cm³/mol. The van der Waals surface area contributed by atoms with Crippen molar-refractivity contribution in [2.45, 2.75) is 20.8 Å². The number of rotatable bonds is 2. The van der Waals surface area contributed by atoms with E-state index < -0.39 is 0 Å². The van der Waals surface area contributed by atoms with E-state index in [-0.39, 0.29) is 5.91 Å². The molecule has 4 nitrogen and oxygen atoms in total. The van der Waals surface area contributed by atoms with E-state index in [1.165, 1.54) is 0 Å². The maximum absolute atomic E-state index is 11.9. The Bertz CT molecular complexity index is 542. The number of pyridine rings is 1. The summed E-state index contributed by atoms with van der Waals surface area (Å²) in [5, 5.41) is 2.80. The van der Waals surface area contributed by atoms with Crippen LogP contribution in [0, 0.1) is 13.8 Å². The second-order valence-corrected chi connectivity index (χ2v) is 3.84. The Morgan fingerprint density at radius 1 is 1.44 bits per heavy atom. The zero-order valence-electron chi connectivity index (χ0n) is 9.74. The summed E-state index contributed by atoms with van der Waals surface area (Å²) in [6, 6.07) is 3.91. The minimum absolute atomic E-state index is 0.0712. The molecular weight excluding hydrogens is 202 g/mol. The van der Waals surface area contributed by atoms with Gasteiger partial charge in [0.05, 0.1) is 5.69 Å². The zero-order valence-corrected chi connectivity index (χ0v) is 9.74. The highest BCUT2D eigenvalue weighted by Crippen LogP contribution is 2.13. The molecule has 0 bridgehead atoms. The lowest BCUT2D eigenvalue weighted by atomic mass is 10.3. The summed E-state index contributed by atoms with van der Waals surface area (Å²) in [7, 11) is 0. The van der Waals surface area contributed by atoms with Gasteiger partial charge in [0.25, 0.3) is 5.91 Å². The molecule has 0 spiro atoms. The Morgan fingerprint density at radius 3 is 2.88 bits per heavy atom. The summed E-state index contributed by atoms with van der Waals surface area (Å²) in [5.41, 5.74) is 3.30. The van der Waals surface area contributed by atoms with Crippen LogP contribution in [0.3, 0.4) is 0 Å². The summed E-state index contributed by atoms with van der Waals surface area (Å²) in [6.45, 7) is 6.38. The molecule has 1 amide bonds. The first-order chi connectivity index (χ1) is 7.63. The van der Waals surface area contributed by atoms with E-state index in [1.807, 2.05) is 43.5 Å². The van der Waals surface area contributed by atoms with Crippen LogP contribution in [0.15, 0.2) is 18.3 Å². The van der Waals surface area contributed by atoms with Gasteiger partial charge in [-0.2, -0.15) is 0 Å². The zero-order chi connectivity index (χ0) is 11.7. The smallest absolute Gasteiger partial charge is 0.270 e. The molecule has 2 rings (SSSR count). The molecule has 2 aromatic heterocycles. The molecule has 0 aliphatic heterocycles.